The van der Waals surface area contributed by atoms with Crippen molar-refractivity contribution >= 4 is 51.8 Å². The minimum absolute atomic E-state index is 0.184. The van der Waals surface area contributed by atoms with Crippen LogP contribution in [0.2, 0.25) is 0 Å². The summed E-state index contributed by atoms with van der Waals surface area (Å²) in [6.07, 6.45) is 0.209. The van der Waals surface area contributed by atoms with E-state index in [-0.39, 0.29) is 18.8 Å². The molecule has 2 aromatic rings. The van der Waals surface area contributed by atoms with Gasteiger partial charge in [0.2, 0.25) is 0 Å². The summed E-state index contributed by atoms with van der Waals surface area (Å²) in [5, 5.41) is 4.87. The molecule has 2 aromatic carbocycles. The second-order valence-electron chi connectivity index (χ2n) is 4.77. The maximum atomic E-state index is 10.7. The molecule has 0 atom stereocenters. The van der Waals surface area contributed by atoms with E-state index in [0.717, 1.165) is 26.3 Å². The first-order valence-corrected chi connectivity index (χ1v) is 9.06. The molecule has 2 N–H and O–H groups in total. The van der Waals surface area contributed by atoms with E-state index in [9.17, 15) is 8.42 Å². The summed E-state index contributed by atoms with van der Waals surface area (Å²) >= 11 is 8.76. The number of benzene rings is 2. The molecule has 0 spiro atoms. The van der Waals surface area contributed by atoms with Crippen molar-refractivity contribution < 1.29 is 17.7 Å². The highest BCUT2D eigenvalue weighted by molar-refractivity contribution is 7.85. The van der Waals surface area contributed by atoms with Gasteiger partial charge >= 0.3 is 0 Å². The summed E-state index contributed by atoms with van der Waals surface area (Å²) < 4.78 is 35.8. The molecule has 0 fully saturated rings. The first-order chi connectivity index (χ1) is 10.3. The molecule has 0 saturated carbocycles. The molecule has 0 bridgehead atoms. The largest absolute Gasteiger partial charge is 0.493 e. The van der Waals surface area contributed by atoms with E-state index >= 15 is 0 Å². The highest BCUT2D eigenvalue weighted by Crippen LogP contribution is 2.34. The van der Waals surface area contributed by atoms with E-state index in [0.29, 0.717) is 5.75 Å². The fourth-order valence-electron chi connectivity index (χ4n) is 2.09. The lowest BCUT2D eigenvalue weighted by Gasteiger charge is -2.13. The monoisotopic (exact) mass is 359 g/mol. The van der Waals surface area contributed by atoms with Gasteiger partial charge in [-0.2, -0.15) is 8.42 Å². The summed E-state index contributed by atoms with van der Waals surface area (Å²) in [4.78, 5) is 1.55. The van der Waals surface area contributed by atoms with E-state index in [1.54, 1.807) is 13.1 Å². The van der Waals surface area contributed by atoms with Crippen LogP contribution in [0.15, 0.2) is 34.1 Å². The lowest BCUT2D eigenvalue weighted by atomic mass is 10.1. The molecule has 5 nitrogen and oxygen atoms in total. The van der Waals surface area contributed by atoms with Crippen LogP contribution in [-0.2, 0) is 10.1 Å². The van der Waals surface area contributed by atoms with Crippen LogP contribution in [0.25, 0.3) is 10.8 Å². The van der Waals surface area contributed by atoms with Gasteiger partial charge < -0.3 is 10.1 Å². The number of rotatable bonds is 6. The van der Waals surface area contributed by atoms with Crippen LogP contribution in [0.5, 0.6) is 5.75 Å². The molecule has 0 amide bonds. The first kappa shape index (κ1) is 17.3. The number of nitrogens with one attached hydrogen (secondary N) is 1. The number of anilines is 1. The van der Waals surface area contributed by atoms with Gasteiger partial charge in [-0.05, 0) is 36.1 Å². The quantitative estimate of drug-likeness (QED) is 0.362. The zero-order valence-corrected chi connectivity index (χ0v) is 14.5. The number of hydrogen-bond acceptors (Lipinski definition) is 6. The molecule has 0 radical (unpaired) electrons. The summed E-state index contributed by atoms with van der Waals surface area (Å²) in [6, 6.07) is 7.51. The Kier molecular flexibility index (Phi) is 5.49. The Morgan fingerprint density at radius 1 is 1.23 bits per heavy atom. The van der Waals surface area contributed by atoms with Crippen molar-refractivity contribution in [3.05, 3.63) is 24.3 Å². The fourth-order valence-corrected chi connectivity index (χ4v) is 3.15. The van der Waals surface area contributed by atoms with Gasteiger partial charge in [0.15, 0.2) is 0 Å². The van der Waals surface area contributed by atoms with Crippen molar-refractivity contribution in [3.8, 4) is 5.75 Å². The van der Waals surface area contributed by atoms with E-state index in [1.807, 2.05) is 18.2 Å². The van der Waals surface area contributed by atoms with Gasteiger partial charge in [-0.25, -0.2) is 0 Å². The van der Waals surface area contributed by atoms with E-state index in [2.05, 4.69) is 30.6 Å². The van der Waals surface area contributed by atoms with Gasteiger partial charge in [-0.1, -0.05) is 0 Å². The third-order valence-corrected chi connectivity index (χ3v) is 4.52. The molecule has 2 rings (SSSR count). The zero-order chi connectivity index (χ0) is 16.3. The summed E-state index contributed by atoms with van der Waals surface area (Å²) in [5.74, 6) is 0.288. The highest BCUT2D eigenvalue weighted by atomic mass is 32.2. The average Bonchev–Trinajstić information content (AvgIpc) is 2.41. The molecule has 22 heavy (non-hydrogen) atoms. The Morgan fingerprint density at radius 3 is 2.59 bits per heavy atom. The minimum atomic E-state index is -3.96. The fraction of sp³-hybridized carbons (Fsp3) is 0.286. The van der Waals surface area contributed by atoms with Gasteiger partial charge in [-0.3, -0.25) is 4.55 Å². The Morgan fingerprint density at radius 2 is 1.95 bits per heavy atom. The van der Waals surface area contributed by atoms with Gasteiger partial charge in [-0.15, -0.1) is 25.3 Å². The molecule has 0 heterocycles. The Hall–Kier alpha value is -1.09. The molecule has 120 valence electrons. The molecule has 0 aliphatic heterocycles. The Labute approximate surface area is 140 Å². The zero-order valence-electron chi connectivity index (χ0n) is 11.9. The minimum Gasteiger partial charge on any atom is -0.493 e. The van der Waals surface area contributed by atoms with Crippen LogP contribution in [0, 0.1) is 0 Å². The van der Waals surface area contributed by atoms with Gasteiger partial charge in [0.05, 0.1) is 12.4 Å². The van der Waals surface area contributed by atoms with Crippen LogP contribution < -0.4 is 10.1 Å². The normalized spacial score (nSPS) is 11.6. The molecule has 8 heteroatoms. The van der Waals surface area contributed by atoms with E-state index in [4.69, 9.17) is 9.29 Å². The number of hydrogen-bond donors (Lipinski definition) is 4. The topological polar surface area (TPSA) is 75.6 Å². The maximum Gasteiger partial charge on any atom is 0.264 e. The van der Waals surface area contributed by atoms with Crippen molar-refractivity contribution in [1.29, 1.82) is 0 Å². The second-order valence-corrected chi connectivity index (χ2v) is 7.34. The average molecular weight is 359 g/mol. The molecule has 0 saturated heterocycles. The third kappa shape index (κ3) is 4.45. The van der Waals surface area contributed by atoms with Crippen LogP contribution in [0.4, 0.5) is 5.69 Å². The van der Waals surface area contributed by atoms with Crippen molar-refractivity contribution in [2.24, 2.45) is 0 Å². The smallest absolute Gasteiger partial charge is 0.264 e. The SMILES string of the molecule is CNc1cc2c(OCCCS(=O)(=O)O)cc(S)cc2cc1S. The predicted molar refractivity (Wildman–Crippen MR) is 94.5 cm³/mol. The first-order valence-electron chi connectivity index (χ1n) is 6.55. The Balaban J connectivity index is 2.28. The number of ether oxygens (including phenoxy) is 1. The molecular formula is C14H17NO4S3. The lowest BCUT2D eigenvalue weighted by molar-refractivity contribution is 0.319. The van der Waals surface area contributed by atoms with Crippen LogP contribution in [0.1, 0.15) is 6.42 Å². The van der Waals surface area contributed by atoms with Crippen LogP contribution >= 0.6 is 25.3 Å². The molecule has 0 aliphatic rings. The van der Waals surface area contributed by atoms with Gasteiger partial charge in [0.25, 0.3) is 10.1 Å². The van der Waals surface area contributed by atoms with Crippen LogP contribution in [0.3, 0.4) is 0 Å². The van der Waals surface area contributed by atoms with Crippen molar-refractivity contribution in [3.63, 3.8) is 0 Å². The Bertz CT molecular complexity index is 790. The van der Waals surface area contributed by atoms with Crippen molar-refractivity contribution in [2.45, 2.75) is 16.2 Å². The third-order valence-electron chi connectivity index (χ3n) is 3.09. The van der Waals surface area contributed by atoms with Gasteiger partial charge in [0, 0.05) is 27.9 Å². The summed E-state index contributed by atoms with van der Waals surface area (Å²) in [6.45, 7) is 0.184. The van der Waals surface area contributed by atoms with Crippen molar-refractivity contribution in [2.75, 3.05) is 24.7 Å². The van der Waals surface area contributed by atoms with E-state index in [1.165, 1.54) is 0 Å². The molecule has 0 aromatic heterocycles. The predicted octanol–water partition coefficient (Wildman–Crippen LogP) is 3.12. The summed E-state index contributed by atoms with van der Waals surface area (Å²) in [5.41, 5.74) is 0.866. The standard InChI is InChI=1S/C14H17NO4S3/c1-15-12-8-11-9(6-14(12)21)5-10(20)7-13(11)19-3-2-4-22(16,17)18/h5-8,15,20-21H,2-4H2,1H3,(H,16,17,18). The lowest BCUT2D eigenvalue weighted by Crippen LogP contribution is -2.08. The maximum absolute atomic E-state index is 10.7. The number of thiol groups is 2. The molecule has 0 aliphatic carbocycles. The number of fused-ring (bicyclic) bond motifs is 1. The van der Waals surface area contributed by atoms with E-state index < -0.39 is 10.1 Å². The second kappa shape index (κ2) is 6.99. The summed E-state index contributed by atoms with van der Waals surface area (Å²) in [7, 11) is -2.15. The molecule has 0 unspecified atom stereocenters. The molecular weight excluding hydrogens is 342 g/mol. The van der Waals surface area contributed by atoms with Crippen molar-refractivity contribution in [1.82, 2.24) is 0 Å². The van der Waals surface area contributed by atoms with Gasteiger partial charge in [0.1, 0.15) is 5.75 Å². The van der Waals surface area contributed by atoms with Crippen LogP contribution in [-0.4, -0.2) is 32.4 Å². The highest BCUT2D eigenvalue weighted by Gasteiger charge is 2.09.